The third-order valence-electron chi connectivity index (χ3n) is 9.24. The molecular formula is C39H45F2N7O7. The molecule has 2 aromatic carbocycles. The van der Waals surface area contributed by atoms with Gasteiger partial charge in [-0.1, -0.05) is 18.2 Å². The Hall–Kier alpha value is -5.85. The summed E-state index contributed by atoms with van der Waals surface area (Å²) in [6.07, 6.45) is 2.62. The number of rotatable bonds is 12. The van der Waals surface area contributed by atoms with Gasteiger partial charge in [0.2, 0.25) is 17.7 Å². The van der Waals surface area contributed by atoms with Crippen LogP contribution < -0.4 is 26.0 Å². The number of ether oxygens (including phenoxy) is 2. The van der Waals surface area contributed by atoms with E-state index in [0.717, 1.165) is 16.0 Å². The second-order valence-electron chi connectivity index (χ2n) is 14.6. The first-order valence-electron chi connectivity index (χ1n) is 18.1. The molecule has 5 amide bonds. The van der Waals surface area contributed by atoms with E-state index in [2.05, 4.69) is 26.3 Å². The highest BCUT2D eigenvalue weighted by Crippen LogP contribution is 2.32. The van der Waals surface area contributed by atoms with Crippen LogP contribution in [0.15, 0.2) is 54.7 Å². The third-order valence-corrected chi connectivity index (χ3v) is 9.24. The fourth-order valence-corrected chi connectivity index (χ4v) is 6.55. The number of fused-ring (bicyclic) bond motifs is 1. The van der Waals surface area contributed by atoms with Crippen LogP contribution in [0.2, 0.25) is 0 Å². The highest BCUT2D eigenvalue weighted by Gasteiger charge is 2.47. The Morgan fingerprint density at radius 1 is 0.945 bits per heavy atom. The Morgan fingerprint density at radius 3 is 2.35 bits per heavy atom. The molecule has 55 heavy (non-hydrogen) atoms. The minimum absolute atomic E-state index is 0.0651. The number of nitrogens with one attached hydrogen (secondary N) is 4. The molecule has 4 N–H and O–H groups in total. The Kier molecular flexibility index (Phi) is 12.9. The average Bonchev–Trinajstić information content (AvgIpc) is 3.48. The number of benzene rings is 2. The van der Waals surface area contributed by atoms with Crippen molar-refractivity contribution < 1.29 is 42.2 Å². The summed E-state index contributed by atoms with van der Waals surface area (Å²) in [5.41, 5.74) is 1.74. The van der Waals surface area contributed by atoms with E-state index in [-0.39, 0.29) is 42.5 Å². The lowest BCUT2D eigenvalue weighted by molar-refractivity contribution is -0.131. The predicted octanol–water partition coefficient (Wildman–Crippen LogP) is 4.09. The Balaban J connectivity index is 1.05. The largest absolute Gasteiger partial charge is 0.492 e. The van der Waals surface area contributed by atoms with Crippen LogP contribution in [0.3, 0.4) is 0 Å². The minimum Gasteiger partial charge on any atom is -0.492 e. The van der Waals surface area contributed by atoms with E-state index in [1.165, 1.54) is 12.3 Å². The van der Waals surface area contributed by atoms with E-state index in [0.29, 0.717) is 48.9 Å². The van der Waals surface area contributed by atoms with Gasteiger partial charge in [-0.25, -0.2) is 13.6 Å². The van der Waals surface area contributed by atoms with Gasteiger partial charge in [0.15, 0.2) is 0 Å². The van der Waals surface area contributed by atoms with Crippen LogP contribution in [0.1, 0.15) is 63.2 Å². The smallest absolute Gasteiger partial charge is 0.408 e. The summed E-state index contributed by atoms with van der Waals surface area (Å²) in [7, 11) is 0. The zero-order valence-electron chi connectivity index (χ0n) is 31.0. The number of nitriles is 1. The average molecular weight is 762 g/mol. The molecule has 1 saturated carbocycles. The standard InChI is InChI=1S/C39H45F2N7O7/c1-38(2,3)55-37(53)46-21-33(49)47-27-9-4-25(5-10-27)35(51)44-16-17-54-29-11-6-24(7-12-29)26-8-13-32-31(18-26)30(14-15-43-32)36(52)45-22-34(50)48-23-39(40,41)19-28(48)20-42/h6-8,11-15,18,25,27-28H,4-5,9-10,16-17,19,21-23H2,1-3H3,(H,44,51)(H,45,52)(H,46,53)(H,47,49)/t25?,27?,28-/m0/s1. The number of hydrogen-bond acceptors (Lipinski definition) is 9. The van der Waals surface area contributed by atoms with Gasteiger partial charge in [-0.3, -0.25) is 24.2 Å². The van der Waals surface area contributed by atoms with Crippen LogP contribution in [0.25, 0.3) is 22.0 Å². The molecule has 5 rings (SSSR count). The molecule has 1 aliphatic heterocycles. The van der Waals surface area contributed by atoms with Crippen molar-refractivity contribution in [2.45, 2.75) is 76.5 Å². The Morgan fingerprint density at radius 2 is 1.65 bits per heavy atom. The van der Waals surface area contributed by atoms with Gasteiger partial charge in [0.05, 0.1) is 36.8 Å². The van der Waals surface area contributed by atoms with Crippen LogP contribution >= 0.6 is 0 Å². The Labute approximate surface area is 317 Å². The second kappa shape index (κ2) is 17.5. The molecule has 1 atom stereocenters. The molecule has 0 spiro atoms. The number of likely N-dealkylation sites (tertiary alicyclic amines) is 1. The van der Waals surface area contributed by atoms with E-state index in [9.17, 15) is 38.0 Å². The van der Waals surface area contributed by atoms with Crippen LogP contribution in [0.5, 0.6) is 5.75 Å². The lowest BCUT2D eigenvalue weighted by Crippen LogP contribution is -2.45. The van der Waals surface area contributed by atoms with E-state index >= 15 is 0 Å². The Bertz CT molecular complexity index is 1940. The van der Waals surface area contributed by atoms with Crippen LogP contribution in [-0.4, -0.2) is 96.0 Å². The fraction of sp³-hybridized carbons (Fsp3) is 0.462. The van der Waals surface area contributed by atoms with Crippen LogP contribution in [0.4, 0.5) is 13.6 Å². The first kappa shape index (κ1) is 40.3. The number of aromatic nitrogens is 1. The summed E-state index contributed by atoms with van der Waals surface area (Å²) in [4.78, 5) is 67.6. The van der Waals surface area contributed by atoms with Gasteiger partial charge in [-0.05, 0) is 87.9 Å². The van der Waals surface area contributed by atoms with Crippen molar-refractivity contribution in [3.05, 3.63) is 60.3 Å². The van der Waals surface area contributed by atoms with Crippen molar-refractivity contribution in [3.8, 4) is 22.9 Å². The van der Waals surface area contributed by atoms with E-state index in [1.807, 2.05) is 18.2 Å². The minimum atomic E-state index is -3.15. The molecule has 16 heteroatoms. The van der Waals surface area contributed by atoms with Crippen molar-refractivity contribution in [2.24, 2.45) is 5.92 Å². The van der Waals surface area contributed by atoms with E-state index < -0.39 is 55.0 Å². The first-order valence-corrected chi connectivity index (χ1v) is 18.1. The summed E-state index contributed by atoms with van der Waals surface area (Å²) in [5.74, 6) is -4.46. The van der Waals surface area contributed by atoms with Crippen LogP contribution in [-0.2, 0) is 19.1 Å². The summed E-state index contributed by atoms with van der Waals surface area (Å²) in [5, 5.41) is 20.5. The number of hydrogen-bond donors (Lipinski definition) is 4. The van der Waals surface area contributed by atoms with Crippen molar-refractivity contribution in [2.75, 3.05) is 32.8 Å². The number of halogens is 2. The number of amides is 5. The molecule has 2 heterocycles. The van der Waals surface area contributed by atoms with Crippen molar-refractivity contribution in [1.82, 2.24) is 31.2 Å². The molecular weight excluding hydrogens is 716 g/mol. The summed E-state index contributed by atoms with van der Waals surface area (Å²) in [6, 6.07) is 14.6. The lowest BCUT2D eigenvalue weighted by Gasteiger charge is -2.28. The first-order chi connectivity index (χ1) is 26.1. The van der Waals surface area contributed by atoms with Gasteiger partial charge in [-0.2, -0.15) is 5.26 Å². The van der Waals surface area contributed by atoms with Crippen molar-refractivity contribution >= 4 is 40.6 Å². The van der Waals surface area contributed by atoms with Gasteiger partial charge in [-0.15, -0.1) is 0 Å². The quantitative estimate of drug-likeness (QED) is 0.197. The molecule has 2 aliphatic rings. The molecule has 0 unspecified atom stereocenters. The molecule has 0 radical (unpaired) electrons. The van der Waals surface area contributed by atoms with Gasteiger partial charge in [0.1, 0.15) is 30.5 Å². The highest BCUT2D eigenvalue weighted by molar-refractivity contribution is 6.07. The van der Waals surface area contributed by atoms with Crippen LogP contribution in [0, 0.1) is 17.2 Å². The third kappa shape index (κ3) is 11.3. The SMILES string of the molecule is CC(C)(C)OC(=O)NCC(=O)NC1CCC(C(=O)NCCOc2ccc(-c3ccc4nccc(C(=O)NCC(=O)N5CC(F)(F)C[C@H]5C#N)c4c3)cc2)CC1. The topological polar surface area (TPSA) is 192 Å². The van der Waals surface area contributed by atoms with Crippen molar-refractivity contribution in [3.63, 3.8) is 0 Å². The maximum Gasteiger partial charge on any atom is 0.408 e. The summed E-state index contributed by atoms with van der Waals surface area (Å²) < 4.78 is 38.6. The molecule has 292 valence electrons. The lowest BCUT2D eigenvalue weighted by atomic mass is 9.85. The zero-order valence-corrected chi connectivity index (χ0v) is 31.0. The highest BCUT2D eigenvalue weighted by atomic mass is 19.3. The molecule has 2 fully saturated rings. The maximum absolute atomic E-state index is 13.8. The second-order valence-corrected chi connectivity index (χ2v) is 14.6. The molecule has 1 aliphatic carbocycles. The summed E-state index contributed by atoms with van der Waals surface area (Å²) in [6.45, 7) is 4.19. The molecule has 0 bridgehead atoms. The summed E-state index contributed by atoms with van der Waals surface area (Å²) >= 11 is 0. The number of nitrogens with zero attached hydrogens (tertiary/aromatic N) is 3. The predicted molar refractivity (Wildman–Crippen MR) is 197 cm³/mol. The molecule has 3 aromatic rings. The van der Waals surface area contributed by atoms with E-state index in [1.54, 1.807) is 51.1 Å². The number of carbonyl (C=O) groups excluding carboxylic acids is 5. The van der Waals surface area contributed by atoms with Gasteiger partial charge >= 0.3 is 6.09 Å². The molecule has 1 aromatic heterocycles. The van der Waals surface area contributed by atoms with Gasteiger partial charge < -0.3 is 35.6 Å². The zero-order chi connectivity index (χ0) is 39.8. The van der Waals surface area contributed by atoms with Crippen molar-refractivity contribution in [1.29, 1.82) is 5.26 Å². The molecule has 14 nitrogen and oxygen atoms in total. The van der Waals surface area contributed by atoms with Gasteiger partial charge in [0, 0.05) is 30.0 Å². The number of alkyl halides is 2. The normalized spacial score (nSPS) is 19.1. The van der Waals surface area contributed by atoms with Gasteiger partial charge in [0.25, 0.3) is 11.8 Å². The molecule has 1 saturated heterocycles. The fourth-order valence-electron chi connectivity index (χ4n) is 6.55. The number of carbonyl (C=O) groups is 5. The number of pyridine rings is 1. The number of alkyl carbamates (subject to hydrolysis) is 1. The van der Waals surface area contributed by atoms with E-state index in [4.69, 9.17) is 9.47 Å². The monoisotopic (exact) mass is 761 g/mol. The maximum atomic E-state index is 13.8.